The van der Waals surface area contributed by atoms with E-state index in [2.05, 4.69) is 19.9 Å². The standard InChI is InChI=1S/C22H34O3/c1-13(20(24)25)17-6-7-18-16-5-4-14-12-15(23)8-10-21(14,2)19(16)9-11-22(17,18)3/h4,13,15-19,23H,5-12H2,1-3H3,(H,24,25)/t13?,15-,16?,17?,18?,19?,21-,22+/m0/s1. The minimum atomic E-state index is -0.618. The van der Waals surface area contributed by atoms with Crippen LogP contribution in [0, 0.1) is 40.4 Å². The molecule has 0 heterocycles. The maximum absolute atomic E-state index is 11.6. The molecule has 0 bridgehead atoms. The Hall–Kier alpha value is -0.830. The molecule has 0 aromatic rings. The molecular formula is C22H34O3. The number of hydrogen-bond donors (Lipinski definition) is 2. The van der Waals surface area contributed by atoms with Crippen LogP contribution in [0.25, 0.3) is 0 Å². The Morgan fingerprint density at radius 1 is 1.16 bits per heavy atom. The van der Waals surface area contributed by atoms with Gasteiger partial charge in [0.25, 0.3) is 0 Å². The van der Waals surface area contributed by atoms with Crippen LogP contribution < -0.4 is 0 Å². The highest BCUT2D eigenvalue weighted by atomic mass is 16.4. The zero-order valence-electron chi connectivity index (χ0n) is 16.0. The second kappa shape index (κ2) is 5.84. The van der Waals surface area contributed by atoms with Crippen molar-refractivity contribution in [2.75, 3.05) is 0 Å². The van der Waals surface area contributed by atoms with Gasteiger partial charge < -0.3 is 10.2 Å². The van der Waals surface area contributed by atoms with Gasteiger partial charge in [-0.15, -0.1) is 0 Å². The lowest BCUT2D eigenvalue weighted by molar-refractivity contribution is -0.146. The van der Waals surface area contributed by atoms with E-state index in [0.717, 1.165) is 38.0 Å². The van der Waals surface area contributed by atoms with E-state index >= 15 is 0 Å². The number of carboxylic acid groups (broad SMARTS) is 1. The molecule has 4 aliphatic rings. The monoisotopic (exact) mass is 346 g/mol. The van der Waals surface area contributed by atoms with E-state index in [1.165, 1.54) is 24.8 Å². The molecule has 140 valence electrons. The number of carbonyl (C=O) groups is 1. The first-order chi connectivity index (χ1) is 11.8. The molecule has 2 N–H and O–H groups in total. The van der Waals surface area contributed by atoms with Crippen LogP contribution >= 0.6 is 0 Å². The van der Waals surface area contributed by atoms with Crippen molar-refractivity contribution in [1.29, 1.82) is 0 Å². The Morgan fingerprint density at radius 3 is 2.64 bits per heavy atom. The molecule has 4 aliphatic carbocycles. The molecule has 3 heteroatoms. The summed E-state index contributed by atoms with van der Waals surface area (Å²) in [5.74, 6) is 1.63. The molecule has 4 rings (SSSR count). The van der Waals surface area contributed by atoms with E-state index in [1.54, 1.807) is 0 Å². The molecule has 25 heavy (non-hydrogen) atoms. The molecule has 0 radical (unpaired) electrons. The van der Waals surface area contributed by atoms with Gasteiger partial charge >= 0.3 is 5.97 Å². The zero-order valence-corrected chi connectivity index (χ0v) is 16.0. The van der Waals surface area contributed by atoms with Crippen molar-refractivity contribution in [1.82, 2.24) is 0 Å². The van der Waals surface area contributed by atoms with Crippen LogP contribution in [0.1, 0.15) is 72.1 Å². The van der Waals surface area contributed by atoms with Crippen molar-refractivity contribution in [2.24, 2.45) is 40.4 Å². The van der Waals surface area contributed by atoms with Gasteiger partial charge in [-0.05, 0) is 85.9 Å². The van der Waals surface area contributed by atoms with E-state index < -0.39 is 5.97 Å². The fraction of sp³-hybridized carbons (Fsp3) is 0.864. The fourth-order valence-corrected chi connectivity index (χ4v) is 7.68. The molecule has 3 fully saturated rings. The highest BCUT2D eigenvalue weighted by Gasteiger charge is 2.59. The van der Waals surface area contributed by atoms with Crippen molar-refractivity contribution in [2.45, 2.75) is 78.2 Å². The number of hydrogen-bond acceptors (Lipinski definition) is 2. The summed E-state index contributed by atoms with van der Waals surface area (Å²) in [6.45, 7) is 6.78. The first kappa shape index (κ1) is 17.6. The van der Waals surface area contributed by atoms with Crippen LogP contribution in [-0.2, 0) is 4.79 Å². The normalized spacial score (nSPS) is 50.2. The van der Waals surface area contributed by atoms with Crippen LogP contribution in [0.3, 0.4) is 0 Å². The van der Waals surface area contributed by atoms with E-state index in [0.29, 0.717) is 17.8 Å². The van der Waals surface area contributed by atoms with Crippen LogP contribution in [0.2, 0.25) is 0 Å². The number of aliphatic hydroxyl groups excluding tert-OH is 1. The lowest BCUT2D eigenvalue weighted by Gasteiger charge is -2.58. The largest absolute Gasteiger partial charge is 0.481 e. The molecule has 0 aromatic carbocycles. The molecule has 0 saturated heterocycles. The summed E-state index contributed by atoms with van der Waals surface area (Å²) in [4.78, 5) is 11.6. The Labute approximate surface area is 151 Å². The van der Waals surface area contributed by atoms with Gasteiger partial charge in [-0.3, -0.25) is 4.79 Å². The van der Waals surface area contributed by atoms with E-state index in [9.17, 15) is 15.0 Å². The predicted molar refractivity (Wildman–Crippen MR) is 98.0 cm³/mol. The summed E-state index contributed by atoms with van der Waals surface area (Å²) in [6, 6.07) is 0. The Morgan fingerprint density at radius 2 is 1.92 bits per heavy atom. The molecule has 8 atom stereocenters. The van der Waals surface area contributed by atoms with Crippen molar-refractivity contribution in [3.63, 3.8) is 0 Å². The zero-order chi connectivity index (χ0) is 18.0. The fourth-order valence-electron chi connectivity index (χ4n) is 7.68. The lowest BCUT2D eigenvalue weighted by Crippen LogP contribution is -2.51. The van der Waals surface area contributed by atoms with Gasteiger partial charge in [-0.1, -0.05) is 32.4 Å². The van der Waals surface area contributed by atoms with Crippen LogP contribution in [-0.4, -0.2) is 22.3 Å². The first-order valence-electron chi connectivity index (χ1n) is 10.4. The number of carboxylic acids is 1. The summed E-state index contributed by atoms with van der Waals surface area (Å²) < 4.78 is 0. The average molecular weight is 347 g/mol. The molecule has 3 nitrogen and oxygen atoms in total. The van der Waals surface area contributed by atoms with Crippen molar-refractivity contribution in [3.05, 3.63) is 11.6 Å². The highest BCUT2D eigenvalue weighted by Crippen LogP contribution is 2.67. The molecule has 0 amide bonds. The minimum absolute atomic E-state index is 0.142. The molecular weight excluding hydrogens is 312 g/mol. The van der Waals surface area contributed by atoms with E-state index in [1.807, 2.05) is 6.92 Å². The number of aliphatic carboxylic acids is 1. The summed E-state index contributed by atoms with van der Waals surface area (Å²) >= 11 is 0. The second-order valence-corrected chi connectivity index (χ2v) is 10.0. The first-order valence-corrected chi connectivity index (χ1v) is 10.4. The summed E-state index contributed by atoms with van der Waals surface area (Å²) in [6.07, 6.45) is 11.1. The third-order valence-electron chi connectivity index (χ3n) is 9.14. The van der Waals surface area contributed by atoms with Gasteiger partial charge in [0.15, 0.2) is 0 Å². The smallest absolute Gasteiger partial charge is 0.306 e. The highest BCUT2D eigenvalue weighted by molar-refractivity contribution is 5.70. The van der Waals surface area contributed by atoms with Gasteiger partial charge in [-0.25, -0.2) is 0 Å². The van der Waals surface area contributed by atoms with Crippen molar-refractivity contribution >= 4 is 5.97 Å². The van der Waals surface area contributed by atoms with E-state index in [-0.39, 0.29) is 22.9 Å². The molecule has 0 spiro atoms. The number of rotatable bonds is 2. The molecule has 5 unspecified atom stereocenters. The predicted octanol–water partition coefficient (Wildman–Crippen LogP) is 4.65. The summed E-state index contributed by atoms with van der Waals surface area (Å²) in [5.41, 5.74) is 2.00. The maximum Gasteiger partial charge on any atom is 0.306 e. The van der Waals surface area contributed by atoms with Crippen molar-refractivity contribution in [3.8, 4) is 0 Å². The third kappa shape index (κ3) is 2.44. The molecule has 0 aliphatic heterocycles. The molecule has 3 saturated carbocycles. The Kier molecular flexibility index (Phi) is 4.10. The van der Waals surface area contributed by atoms with Gasteiger partial charge in [0.05, 0.1) is 12.0 Å². The maximum atomic E-state index is 11.6. The van der Waals surface area contributed by atoms with Gasteiger partial charge in [0.1, 0.15) is 0 Å². The summed E-state index contributed by atoms with van der Waals surface area (Å²) in [7, 11) is 0. The minimum Gasteiger partial charge on any atom is -0.481 e. The third-order valence-corrected chi connectivity index (χ3v) is 9.14. The van der Waals surface area contributed by atoms with Crippen molar-refractivity contribution < 1.29 is 15.0 Å². The number of fused-ring (bicyclic) bond motifs is 5. The quantitative estimate of drug-likeness (QED) is 0.716. The second-order valence-electron chi connectivity index (χ2n) is 10.0. The van der Waals surface area contributed by atoms with Gasteiger partial charge in [-0.2, -0.15) is 0 Å². The van der Waals surface area contributed by atoms with Gasteiger partial charge in [0, 0.05) is 0 Å². The topological polar surface area (TPSA) is 57.5 Å². The summed E-state index contributed by atoms with van der Waals surface area (Å²) in [5, 5.41) is 19.7. The Balaban J connectivity index is 1.63. The number of allylic oxidation sites excluding steroid dienone is 1. The number of aliphatic hydroxyl groups is 1. The van der Waals surface area contributed by atoms with Crippen LogP contribution in [0.15, 0.2) is 11.6 Å². The van der Waals surface area contributed by atoms with Gasteiger partial charge in [0.2, 0.25) is 0 Å². The van der Waals surface area contributed by atoms with Crippen LogP contribution in [0.5, 0.6) is 0 Å². The SMILES string of the molecule is CC(C(=O)O)C1CCC2C3CC=C4C[C@@H](O)CC[C@]4(C)C3CC[C@]12C. The van der Waals surface area contributed by atoms with E-state index in [4.69, 9.17) is 0 Å². The Bertz CT molecular complexity index is 596. The lowest BCUT2D eigenvalue weighted by atomic mass is 9.47. The molecule has 0 aromatic heterocycles. The van der Waals surface area contributed by atoms with Crippen LogP contribution in [0.4, 0.5) is 0 Å². The average Bonchev–Trinajstić information content (AvgIpc) is 2.92.